The highest BCUT2D eigenvalue weighted by Gasteiger charge is 2.18. The number of hydrogen-bond acceptors (Lipinski definition) is 5. The van der Waals surface area contributed by atoms with Crippen LogP contribution in [-0.2, 0) is 14.3 Å². The Morgan fingerprint density at radius 1 is 0.474 bits per heavy atom. The van der Waals surface area contributed by atoms with Gasteiger partial charge in [0, 0.05) is 12.8 Å². The van der Waals surface area contributed by atoms with Gasteiger partial charge in [0.25, 0.3) is 0 Å². The zero-order valence-corrected chi connectivity index (χ0v) is 38.3. The van der Waals surface area contributed by atoms with E-state index < -0.39 is 12.1 Å². The van der Waals surface area contributed by atoms with Crippen LogP contribution in [0, 0.1) is 0 Å². The molecule has 0 radical (unpaired) electrons. The van der Waals surface area contributed by atoms with E-state index in [2.05, 4.69) is 19.2 Å². The summed E-state index contributed by atoms with van der Waals surface area (Å²) in [4.78, 5) is 24.4. The van der Waals surface area contributed by atoms with Crippen LogP contribution in [0.5, 0.6) is 0 Å². The predicted molar refractivity (Wildman–Crippen MR) is 246 cm³/mol. The number of carbonyl (C=O) groups is 2. The van der Waals surface area contributed by atoms with Gasteiger partial charge in [-0.2, -0.15) is 0 Å². The van der Waals surface area contributed by atoms with E-state index in [-0.39, 0.29) is 18.5 Å². The van der Waals surface area contributed by atoms with Crippen LogP contribution in [0.2, 0.25) is 0 Å². The summed E-state index contributed by atoms with van der Waals surface area (Å²) in [6.45, 7) is 4.88. The number of aliphatic hydroxyl groups excluding tert-OH is 2. The number of esters is 1. The molecule has 0 aromatic rings. The molecule has 0 rings (SSSR count). The molecule has 0 heterocycles. The second-order valence-electron chi connectivity index (χ2n) is 17.5. The SMILES string of the molecule is CCCCCCCCCCC/C=C/C(O)C(CO)NC(=O)CCCCCCCCCCCCCCCCCCCCOC(=O)CCCCCCCCCCCCC. The van der Waals surface area contributed by atoms with Crippen molar-refractivity contribution in [2.24, 2.45) is 0 Å². The summed E-state index contributed by atoms with van der Waals surface area (Å²) in [7, 11) is 0. The van der Waals surface area contributed by atoms with Gasteiger partial charge < -0.3 is 20.3 Å². The molecule has 6 nitrogen and oxygen atoms in total. The van der Waals surface area contributed by atoms with E-state index in [9.17, 15) is 19.8 Å². The topological polar surface area (TPSA) is 95.9 Å². The number of ether oxygens (including phenoxy) is 1. The smallest absolute Gasteiger partial charge is 0.305 e. The van der Waals surface area contributed by atoms with Gasteiger partial charge in [-0.05, 0) is 32.1 Å². The molecule has 0 aromatic heterocycles. The second-order valence-corrected chi connectivity index (χ2v) is 17.5. The Labute approximate surface area is 355 Å². The van der Waals surface area contributed by atoms with Crippen molar-refractivity contribution in [3.8, 4) is 0 Å². The van der Waals surface area contributed by atoms with Crippen molar-refractivity contribution in [1.82, 2.24) is 5.32 Å². The number of rotatable bonds is 47. The van der Waals surface area contributed by atoms with Crippen molar-refractivity contribution in [2.45, 2.75) is 289 Å². The number of nitrogens with one attached hydrogen (secondary N) is 1. The maximum Gasteiger partial charge on any atom is 0.305 e. The molecule has 3 N–H and O–H groups in total. The van der Waals surface area contributed by atoms with Crippen LogP contribution in [0.1, 0.15) is 277 Å². The molecule has 0 aromatic carbocycles. The van der Waals surface area contributed by atoms with Gasteiger partial charge in [0.2, 0.25) is 5.91 Å². The first-order chi connectivity index (χ1) is 28.0. The van der Waals surface area contributed by atoms with Crippen LogP contribution >= 0.6 is 0 Å². The van der Waals surface area contributed by atoms with Crippen molar-refractivity contribution in [3.05, 3.63) is 12.2 Å². The van der Waals surface area contributed by atoms with Gasteiger partial charge in [0.05, 0.1) is 25.4 Å². The van der Waals surface area contributed by atoms with E-state index in [1.807, 2.05) is 6.08 Å². The van der Waals surface area contributed by atoms with Gasteiger partial charge >= 0.3 is 5.97 Å². The molecule has 57 heavy (non-hydrogen) atoms. The maximum absolute atomic E-state index is 12.4. The lowest BCUT2D eigenvalue weighted by Crippen LogP contribution is -2.45. The minimum Gasteiger partial charge on any atom is -0.466 e. The first-order valence-corrected chi connectivity index (χ1v) is 25.5. The number of hydrogen-bond donors (Lipinski definition) is 3. The molecular formula is C51H99NO5. The van der Waals surface area contributed by atoms with E-state index in [4.69, 9.17) is 4.74 Å². The third-order valence-corrected chi connectivity index (χ3v) is 11.8. The third kappa shape index (κ3) is 44.0. The minimum atomic E-state index is -0.844. The Morgan fingerprint density at radius 3 is 1.19 bits per heavy atom. The van der Waals surface area contributed by atoms with Crippen LogP contribution in [0.3, 0.4) is 0 Å². The van der Waals surface area contributed by atoms with E-state index in [1.165, 1.54) is 212 Å². The largest absolute Gasteiger partial charge is 0.466 e. The van der Waals surface area contributed by atoms with E-state index in [0.29, 0.717) is 19.4 Å². The number of amides is 1. The molecule has 0 saturated heterocycles. The van der Waals surface area contributed by atoms with Gasteiger partial charge in [-0.25, -0.2) is 0 Å². The monoisotopic (exact) mass is 806 g/mol. The Hall–Kier alpha value is -1.40. The molecule has 1 amide bonds. The second kappa shape index (κ2) is 47.3. The molecule has 0 aliphatic rings. The van der Waals surface area contributed by atoms with Gasteiger partial charge in [-0.15, -0.1) is 0 Å². The normalized spacial score (nSPS) is 12.7. The maximum atomic E-state index is 12.4. The molecule has 2 unspecified atom stereocenters. The van der Waals surface area contributed by atoms with Crippen LogP contribution in [0.15, 0.2) is 12.2 Å². The Balaban J connectivity index is 3.42. The molecule has 0 aliphatic carbocycles. The Kier molecular flexibility index (Phi) is 46.1. The molecule has 0 aliphatic heterocycles. The quantitative estimate of drug-likeness (QED) is 0.0323. The van der Waals surface area contributed by atoms with E-state index in [0.717, 1.165) is 38.5 Å². The highest BCUT2D eigenvalue weighted by molar-refractivity contribution is 5.76. The van der Waals surface area contributed by atoms with Crippen LogP contribution < -0.4 is 5.32 Å². The van der Waals surface area contributed by atoms with Crippen molar-refractivity contribution in [3.63, 3.8) is 0 Å². The van der Waals surface area contributed by atoms with Crippen molar-refractivity contribution in [2.75, 3.05) is 13.2 Å². The van der Waals surface area contributed by atoms with Crippen molar-refractivity contribution in [1.29, 1.82) is 0 Å². The zero-order valence-electron chi connectivity index (χ0n) is 38.3. The number of carbonyl (C=O) groups excluding carboxylic acids is 2. The van der Waals surface area contributed by atoms with Crippen LogP contribution in [0.4, 0.5) is 0 Å². The van der Waals surface area contributed by atoms with E-state index in [1.54, 1.807) is 6.08 Å². The lowest BCUT2D eigenvalue weighted by atomic mass is 10.0. The third-order valence-electron chi connectivity index (χ3n) is 11.8. The van der Waals surface area contributed by atoms with E-state index >= 15 is 0 Å². The molecule has 0 saturated carbocycles. The average molecular weight is 806 g/mol. The highest BCUT2D eigenvalue weighted by atomic mass is 16.5. The van der Waals surface area contributed by atoms with Crippen LogP contribution in [-0.4, -0.2) is 47.4 Å². The van der Waals surface area contributed by atoms with Gasteiger partial charge in [0.15, 0.2) is 0 Å². The van der Waals surface area contributed by atoms with Crippen LogP contribution in [0.25, 0.3) is 0 Å². The first kappa shape index (κ1) is 55.6. The molecule has 6 heteroatoms. The van der Waals surface area contributed by atoms with Gasteiger partial charge in [-0.3, -0.25) is 9.59 Å². The highest BCUT2D eigenvalue weighted by Crippen LogP contribution is 2.16. The molecule has 0 spiro atoms. The lowest BCUT2D eigenvalue weighted by molar-refractivity contribution is -0.143. The lowest BCUT2D eigenvalue weighted by Gasteiger charge is -2.20. The summed E-state index contributed by atoms with van der Waals surface area (Å²) < 4.78 is 5.45. The first-order valence-electron chi connectivity index (χ1n) is 25.5. The molecule has 0 fully saturated rings. The fourth-order valence-corrected chi connectivity index (χ4v) is 7.87. The predicted octanol–water partition coefficient (Wildman–Crippen LogP) is 15.0. The average Bonchev–Trinajstić information content (AvgIpc) is 3.21. The Bertz CT molecular complexity index is 847. The molecular weight excluding hydrogens is 707 g/mol. The fourth-order valence-electron chi connectivity index (χ4n) is 7.87. The summed E-state index contributed by atoms with van der Waals surface area (Å²) >= 11 is 0. The Morgan fingerprint density at radius 2 is 0.807 bits per heavy atom. The summed E-state index contributed by atoms with van der Waals surface area (Å²) in [6, 6.07) is -0.628. The summed E-state index contributed by atoms with van der Waals surface area (Å²) in [6.07, 6.45) is 53.5. The van der Waals surface area contributed by atoms with Crippen molar-refractivity contribution >= 4 is 11.9 Å². The van der Waals surface area contributed by atoms with Gasteiger partial charge in [-0.1, -0.05) is 244 Å². The zero-order chi connectivity index (χ0) is 41.5. The molecule has 338 valence electrons. The minimum absolute atomic E-state index is 0.00596. The molecule has 0 bridgehead atoms. The summed E-state index contributed by atoms with van der Waals surface area (Å²) in [5.74, 6) is -0.0668. The number of allylic oxidation sites excluding steroid dienone is 1. The fraction of sp³-hybridized carbons (Fsp3) is 0.922. The van der Waals surface area contributed by atoms with Gasteiger partial charge in [0.1, 0.15) is 0 Å². The van der Waals surface area contributed by atoms with Crippen molar-refractivity contribution < 1.29 is 24.5 Å². The number of unbranched alkanes of at least 4 members (excludes halogenated alkanes) is 36. The summed E-state index contributed by atoms with van der Waals surface area (Å²) in [5.41, 5.74) is 0. The molecule has 2 atom stereocenters. The summed E-state index contributed by atoms with van der Waals surface area (Å²) in [5, 5.41) is 23.0. The standard InChI is InChI=1S/C51H99NO5/c1-3-5-7-9-11-13-23-27-31-35-39-43-49(54)48(47-53)52-50(55)44-40-36-32-28-25-21-19-17-15-16-18-20-22-26-30-34-38-42-46-57-51(56)45-41-37-33-29-24-14-12-10-8-6-4-2/h39,43,48-49,53-54H,3-38,40-42,44-47H2,1-2H3,(H,52,55)/b43-39+. The number of aliphatic hydroxyl groups is 2.